The number of rotatable bonds is 2. The number of allylic oxidation sites excluding steroid dienone is 1. The molecule has 0 amide bonds. The van der Waals surface area contributed by atoms with Gasteiger partial charge >= 0.3 is 0 Å². The fourth-order valence-corrected chi connectivity index (χ4v) is 3.09. The zero-order chi connectivity index (χ0) is 10.8. The first-order chi connectivity index (χ1) is 6.42. The van der Waals surface area contributed by atoms with E-state index in [0.29, 0.717) is 4.90 Å². The molecule has 0 heterocycles. The smallest absolute Gasteiger partial charge is 0.200 e. The third-order valence-electron chi connectivity index (χ3n) is 1.67. The van der Waals surface area contributed by atoms with E-state index in [1.54, 1.807) is 31.2 Å². The molecule has 0 bridgehead atoms. The van der Waals surface area contributed by atoms with E-state index in [-0.39, 0.29) is 0 Å². The lowest BCUT2D eigenvalue weighted by atomic mass is 10.2. The molecule has 0 aliphatic carbocycles. The fraction of sp³-hybridized carbons (Fsp3) is 0.200. The summed E-state index contributed by atoms with van der Waals surface area (Å²) in [5.41, 5.74) is 1.05. The molecule has 0 aromatic heterocycles. The van der Waals surface area contributed by atoms with Crippen molar-refractivity contribution in [3.05, 3.63) is 38.8 Å². The highest BCUT2D eigenvalue weighted by atomic mass is 127. The van der Waals surface area contributed by atoms with Gasteiger partial charge in [-0.05, 0) is 52.2 Å². The van der Waals surface area contributed by atoms with Crippen LogP contribution in [0.1, 0.15) is 12.5 Å². The fourth-order valence-electron chi connectivity index (χ4n) is 1.01. The minimum absolute atomic E-state index is 0.346. The topological polar surface area (TPSA) is 34.1 Å². The third kappa shape index (κ3) is 3.09. The van der Waals surface area contributed by atoms with Crippen LogP contribution in [0.15, 0.2) is 38.1 Å². The Balaban J connectivity index is 3.18. The lowest BCUT2D eigenvalue weighted by Gasteiger charge is -1.99. The number of sulfone groups is 1. The van der Waals surface area contributed by atoms with Crippen LogP contribution in [0.5, 0.6) is 0 Å². The van der Waals surface area contributed by atoms with Crippen LogP contribution in [-0.4, -0.2) is 8.42 Å². The normalized spacial score (nSPS) is 12.9. The van der Waals surface area contributed by atoms with Gasteiger partial charge in [0.2, 0.25) is 9.84 Å². The second-order valence-corrected chi connectivity index (χ2v) is 6.56. The molecule has 0 unspecified atom stereocenters. The van der Waals surface area contributed by atoms with Crippen LogP contribution < -0.4 is 0 Å². The maximum atomic E-state index is 11.7. The molecule has 0 spiro atoms. The summed E-state index contributed by atoms with van der Waals surface area (Å²) in [7, 11) is -3.25. The Morgan fingerprint density at radius 2 is 1.79 bits per heavy atom. The number of benzene rings is 1. The summed E-state index contributed by atoms with van der Waals surface area (Å²) in [4.78, 5) is 0.346. The van der Waals surface area contributed by atoms with Crippen molar-refractivity contribution < 1.29 is 8.42 Å². The zero-order valence-corrected chi connectivity index (χ0v) is 11.0. The average molecular weight is 322 g/mol. The maximum Gasteiger partial charge on any atom is 0.200 e. The Kier molecular flexibility index (Phi) is 3.71. The van der Waals surface area contributed by atoms with E-state index < -0.39 is 9.84 Å². The summed E-state index contributed by atoms with van der Waals surface area (Å²) in [6, 6.07) is 6.84. The quantitative estimate of drug-likeness (QED) is 0.784. The predicted octanol–water partition coefficient (Wildman–Crippen LogP) is 3.07. The van der Waals surface area contributed by atoms with E-state index in [1.807, 2.05) is 29.5 Å². The zero-order valence-electron chi connectivity index (χ0n) is 7.99. The average Bonchev–Trinajstić information content (AvgIpc) is 2.02. The van der Waals surface area contributed by atoms with Gasteiger partial charge in [0, 0.05) is 5.41 Å². The minimum atomic E-state index is -3.25. The Morgan fingerprint density at radius 1 is 1.29 bits per heavy atom. The summed E-state index contributed by atoms with van der Waals surface area (Å²) < 4.78 is 24.1. The second kappa shape index (κ2) is 4.44. The minimum Gasteiger partial charge on any atom is -0.219 e. The van der Waals surface area contributed by atoms with Crippen LogP contribution in [0.2, 0.25) is 0 Å². The molecule has 0 atom stereocenters. The molecule has 0 saturated heterocycles. The van der Waals surface area contributed by atoms with Crippen LogP contribution >= 0.6 is 22.6 Å². The van der Waals surface area contributed by atoms with Crippen LogP contribution in [-0.2, 0) is 9.84 Å². The lowest BCUT2D eigenvalue weighted by Crippen LogP contribution is -1.96. The monoisotopic (exact) mass is 322 g/mol. The highest BCUT2D eigenvalue weighted by molar-refractivity contribution is 14.1. The van der Waals surface area contributed by atoms with Crippen molar-refractivity contribution in [3.63, 3.8) is 0 Å². The molecule has 1 rings (SSSR count). The van der Waals surface area contributed by atoms with Gasteiger partial charge in [0.1, 0.15) is 0 Å². The highest BCUT2D eigenvalue weighted by Gasteiger charge is 2.09. The third-order valence-corrected chi connectivity index (χ3v) is 3.99. The van der Waals surface area contributed by atoms with Gasteiger partial charge < -0.3 is 0 Å². The largest absolute Gasteiger partial charge is 0.219 e. The van der Waals surface area contributed by atoms with Crippen LogP contribution in [0.25, 0.3) is 0 Å². The van der Waals surface area contributed by atoms with Crippen molar-refractivity contribution in [2.75, 3.05) is 0 Å². The van der Waals surface area contributed by atoms with Crippen molar-refractivity contribution in [2.24, 2.45) is 0 Å². The SMILES string of the molecule is CC(I)=CS(=O)(=O)c1ccc(C)cc1. The Morgan fingerprint density at radius 3 is 2.21 bits per heavy atom. The van der Waals surface area contributed by atoms with Crippen LogP contribution in [0.3, 0.4) is 0 Å². The van der Waals surface area contributed by atoms with Gasteiger partial charge in [0.15, 0.2) is 0 Å². The molecular formula is C10H11IO2S. The van der Waals surface area contributed by atoms with Crippen molar-refractivity contribution in [2.45, 2.75) is 18.7 Å². The van der Waals surface area contributed by atoms with Gasteiger partial charge in [-0.25, -0.2) is 8.42 Å². The van der Waals surface area contributed by atoms with Gasteiger partial charge in [0.05, 0.1) is 4.90 Å². The summed E-state index contributed by atoms with van der Waals surface area (Å²) in [6.45, 7) is 3.68. The Bertz CT molecular complexity index is 440. The predicted molar refractivity (Wildman–Crippen MR) is 66.1 cm³/mol. The molecule has 1 aromatic carbocycles. The van der Waals surface area contributed by atoms with Crippen molar-refractivity contribution in [1.29, 1.82) is 0 Å². The van der Waals surface area contributed by atoms with Crippen molar-refractivity contribution in [1.82, 2.24) is 0 Å². The van der Waals surface area contributed by atoms with Crippen LogP contribution in [0, 0.1) is 6.92 Å². The first-order valence-corrected chi connectivity index (χ1v) is 6.70. The molecular weight excluding hydrogens is 311 g/mol. The molecule has 0 fully saturated rings. The second-order valence-electron chi connectivity index (χ2n) is 3.06. The molecule has 0 aliphatic heterocycles. The van der Waals surface area contributed by atoms with E-state index in [2.05, 4.69) is 0 Å². The molecule has 0 radical (unpaired) electrons. The van der Waals surface area contributed by atoms with Gasteiger partial charge in [-0.15, -0.1) is 0 Å². The van der Waals surface area contributed by atoms with E-state index >= 15 is 0 Å². The van der Waals surface area contributed by atoms with Gasteiger partial charge in [-0.2, -0.15) is 0 Å². The number of halogens is 1. The molecule has 2 nitrogen and oxygen atoms in total. The molecule has 0 saturated carbocycles. The van der Waals surface area contributed by atoms with E-state index in [9.17, 15) is 8.42 Å². The van der Waals surface area contributed by atoms with Crippen LogP contribution in [0.4, 0.5) is 0 Å². The molecule has 14 heavy (non-hydrogen) atoms. The molecule has 4 heteroatoms. The summed E-state index contributed by atoms with van der Waals surface area (Å²) in [5.74, 6) is 0. The number of aryl methyl sites for hydroxylation is 1. The first-order valence-electron chi connectivity index (χ1n) is 4.07. The molecule has 76 valence electrons. The Labute approximate surface area is 98.1 Å². The van der Waals surface area contributed by atoms with Crippen molar-refractivity contribution in [3.8, 4) is 0 Å². The van der Waals surface area contributed by atoms with Gasteiger partial charge in [0.25, 0.3) is 0 Å². The first kappa shape index (κ1) is 11.7. The van der Waals surface area contributed by atoms with E-state index in [0.717, 1.165) is 9.14 Å². The maximum absolute atomic E-state index is 11.7. The number of hydrogen-bond donors (Lipinski definition) is 0. The lowest BCUT2D eigenvalue weighted by molar-refractivity contribution is 0.604. The van der Waals surface area contributed by atoms with Gasteiger partial charge in [-0.3, -0.25) is 0 Å². The van der Waals surface area contributed by atoms with Gasteiger partial charge in [-0.1, -0.05) is 17.7 Å². The Hall–Kier alpha value is -0.360. The van der Waals surface area contributed by atoms with Crippen molar-refractivity contribution >= 4 is 32.4 Å². The summed E-state index contributed by atoms with van der Waals surface area (Å²) in [6.07, 6.45) is 0. The standard InChI is InChI=1S/C10H11IO2S/c1-8-3-5-10(6-4-8)14(12,13)7-9(2)11/h3-7H,1-2H3. The molecule has 0 N–H and O–H groups in total. The summed E-state index contributed by atoms with van der Waals surface area (Å²) >= 11 is 1.98. The number of hydrogen-bond acceptors (Lipinski definition) is 2. The van der Waals surface area contributed by atoms with E-state index in [1.165, 1.54) is 5.41 Å². The molecule has 1 aromatic rings. The molecule has 0 aliphatic rings. The summed E-state index contributed by atoms with van der Waals surface area (Å²) in [5, 5.41) is 1.28. The highest BCUT2D eigenvalue weighted by Crippen LogP contribution is 2.16. The van der Waals surface area contributed by atoms with E-state index in [4.69, 9.17) is 0 Å².